The fraction of sp³-hybridized carbons (Fsp3) is 0.478. The summed E-state index contributed by atoms with van der Waals surface area (Å²) in [6.45, 7) is 6.48. The molecular formula is C23H30FNO3. The third-order valence-corrected chi connectivity index (χ3v) is 5.59. The van der Waals surface area contributed by atoms with Crippen molar-refractivity contribution in [2.45, 2.75) is 38.9 Å². The number of halogens is 1. The molecule has 0 bridgehead atoms. The lowest BCUT2D eigenvalue weighted by atomic mass is 9.87. The van der Waals surface area contributed by atoms with E-state index in [1.165, 1.54) is 12.1 Å². The monoisotopic (exact) mass is 387 g/mol. The van der Waals surface area contributed by atoms with E-state index in [-0.39, 0.29) is 18.3 Å². The predicted molar refractivity (Wildman–Crippen MR) is 108 cm³/mol. The van der Waals surface area contributed by atoms with Gasteiger partial charge in [0.2, 0.25) is 0 Å². The van der Waals surface area contributed by atoms with Crippen LogP contribution in [0.5, 0.6) is 5.75 Å². The number of β-amino-alcohol motifs (C(OH)–C–C–N with tert-alkyl or cyclic N) is 1. The van der Waals surface area contributed by atoms with Gasteiger partial charge in [0.15, 0.2) is 0 Å². The van der Waals surface area contributed by atoms with E-state index in [0.717, 1.165) is 48.4 Å². The van der Waals surface area contributed by atoms with Crippen molar-refractivity contribution < 1.29 is 19.3 Å². The highest BCUT2D eigenvalue weighted by atomic mass is 19.1. The van der Waals surface area contributed by atoms with Gasteiger partial charge in [0.25, 0.3) is 0 Å². The lowest BCUT2D eigenvalue weighted by Crippen LogP contribution is -2.41. The van der Waals surface area contributed by atoms with E-state index in [0.29, 0.717) is 6.54 Å². The number of likely N-dealkylation sites (tertiary alicyclic amines) is 1. The Morgan fingerprint density at radius 1 is 1.04 bits per heavy atom. The van der Waals surface area contributed by atoms with Gasteiger partial charge < -0.3 is 19.8 Å². The summed E-state index contributed by atoms with van der Waals surface area (Å²) in [5.41, 5.74) is 2.91. The molecule has 4 nitrogen and oxygen atoms in total. The molecule has 2 aromatic rings. The number of aliphatic hydroxyl groups is 2. The molecule has 2 aromatic carbocycles. The lowest BCUT2D eigenvalue weighted by Gasteiger charge is -2.35. The van der Waals surface area contributed by atoms with Crippen LogP contribution in [0.3, 0.4) is 0 Å². The van der Waals surface area contributed by atoms with Crippen LogP contribution >= 0.6 is 0 Å². The molecule has 5 heteroatoms. The smallest absolute Gasteiger partial charge is 0.125 e. The molecule has 1 saturated heterocycles. The van der Waals surface area contributed by atoms with E-state index in [4.69, 9.17) is 4.74 Å². The van der Waals surface area contributed by atoms with Crippen molar-refractivity contribution in [3.05, 3.63) is 65.0 Å². The maximum absolute atomic E-state index is 13.1. The predicted octanol–water partition coefficient (Wildman–Crippen LogP) is 3.63. The molecule has 152 valence electrons. The van der Waals surface area contributed by atoms with E-state index >= 15 is 0 Å². The van der Waals surface area contributed by atoms with Gasteiger partial charge in [-0.25, -0.2) is 4.39 Å². The summed E-state index contributed by atoms with van der Waals surface area (Å²) in [4.78, 5) is 2.21. The van der Waals surface area contributed by atoms with Crippen LogP contribution in [0.1, 0.15) is 35.6 Å². The zero-order chi connectivity index (χ0) is 20.1. The largest absolute Gasteiger partial charge is 0.490 e. The number of benzene rings is 2. The van der Waals surface area contributed by atoms with E-state index in [9.17, 15) is 14.6 Å². The van der Waals surface area contributed by atoms with Crippen molar-refractivity contribution in [1.82, 2.24) is 4.90 Å². The summed E-state index contributed by atoms with van der Waals surface area (Å²) < 4.78 is 18.9. The highest BCUT2D eigenvalue weighted by Gasteiger charge is 2.27. The van der Waals surface area contributed by atoms with Crippen LogP contribution in [0, 0.1) is 25.6 Å². The molecule has 3 rings (SSSR count). The van der Waals surface area contributed by atoms with Crippen LogP contribution in [0.25, 0.3) is 0 Å². The Balaban J connectivity index is 1.44. The molecule has 0 aliphatic carbocycles. The van der Waals surface area contributed by atoms with Crippen LogP contribution in [0.15, 0.2) is 42.5 Å². The lowest BCUT2D eigenvalue weighted by molar-refractivity contribution is 0.0277. The number of nitrogens with zero attached hydrogens (tertiary/aromatic N) is 1. The maximum Gasteiger partial charge on any atom is 0.125 e. The number of aryl methyl sites for hydroxylation is 2. The molecular weight excluding hydrogens is 357 g/mol. The molecule has 0 saturated carbocycles. The first-order valence-electron chi connectivity index (χ1n) is 9.97. The third-order valence-electron chi connectivity index (χ3n) is 5.59. The minimum absolute atomic E-state index is 0.157. The van der Waals surface area contributed by atoms with Crippen molar-refractivity contribution >= 4 is 0 Å². The van der Waals surface area contributed by atoms with Gasteiger partial charge in [0, 0.05) is 6.54 Å². The van der Waals surface area contributed by atoms with Gasteiger partial charge in [0.05, 0.1) is 6.10 Å². The average Bonchev–Trinajstić information content (AvgIpc) is 2.68. The summed E-state index contributed by atoms with van der Waals surface area (Å²) in [6.07, 6.45) is 0.573. The SMILES string of the molecule is Cc1cccc(C)c1OCC(O)CN1CCC(C(O)c2ccc(F)cc2)CC1. The summed E-state index contributed by atoms with van der Waals surface area (Å²) in [5.74, 6) is 0.718. The molecule has 0 radical (unpaired) electrons. The van der Waals surface area contributed by atoms with Crippen LogP contribution in [-0.2, 0) is 0 Å². The number of rotatable bonds is 7. The normalized spacial score (nSPS) is 18.0. The van der Waals surface area contributed by atoms with Gasteiger partial charge in [0.1, 0.15) is 24.3 Å². The Bertz CT molecular complexity index is 737. The molecule has 1 aliphatic rings. The number of aliphatic hydroxyl groups excluding tert-OH is 2. The zero-order valence-corrected chi connectivity index (χ0v) is 16.6. The minimum Gasteiger partial charge on any atom is -0.490 e. The first kappa shape index (κ1) is 20.8. The van der Waals surface area contributed by atoms with Crippen molar-refractivity contribution in [1.29, 1.82) is 0 Å². The molecule has 0 spiro atoms. The van der Waals surface area contributed by atoms with Crippen LogP contribution in [-0.4, -0.2) is 47.5 Å². The van der Waals surface area contributed by atoms with E-state index < -0.39 is 12.2 Å². The molecule has 1 fully saturated rings. The molecule has 28 heavy (non-hydrogen) atoms. The Morgan fingerprint density at radius 2 is 1.64 bits per heavy atom. The summed E-state index contributed by atoms with van der Waals surface area (Å²) in [5, 5.41) is 20.9. The molecule has 1 aliphatic heterocycles. The number of hydrogen-bond acceptors (Lipinski definition) is 4. The number of piperidine rings is 1. The highest BCUT2D eigenvalue weighted by molar-refractivity contribution is 5.39. The fourth-order valence-electron chi connectivity index (χ4n) is 3.94. The third kappa shape index (κ3) is 5.31. The van der Waals surface area contributed by atoms with Crippen molar-refractivity contribution in [2.24, 2.45) is 5.92 Å². The molecule has 2 N–H and O–H groups in total. The summed E-state index contributed by atoms with van der Waals surface area (Å²) >= 11 is 0. The summed E-state index contributed by atoms with van der Waals surface area (Å²) in [7, 11) is 0. The van der Waals surface area contributed by atoms with Gasteiger partial charge in [-0.2, -0.15) is 0 Å². The Morgan fingerprint density at radius 3 is 2.25 bits per heavy atom. The standard InChI is InChI=1S/C23H30FNO3/c1-16-4-3-5-17(2)23(16)28-15-21(26)14-25-12-10-19(11-13-25)22(27)18-6-8-20(24)9-7-18/h3-9,19,21-22,26-27H,10-15H2,1-2H3. The Hall–Kier alpha value is -1.95. The minimum atomic E-state index is -0.569. The fourth-order valence-corrected chi connectivity index (χ4v) is 3.94. The topological polar surface area (TPSA) is 52.9 Å². The molecule has 0 aromatic heterocycles. The molecule has 1 heterocycles. The number of para-hydroxylation sites is 1. The quantitative estimate of drug-likeness (QED) is 0.762. The van der Waals surface area contributed by atoms with Crippen molar-refractivity contribution in [3.63, 3.8) is 0 Å². The van der Waals surface area contributed by atoms with E-state index in [1.54, 1.807) is 12.1 Å². The highest BCUT2D eigenvalue weighted by Crippen LogP contribution is 2.31. The second-order valence-electron chi connectivity index (χ2n) is 7.82. The first-order chi connectivity index (χ1) is 13.4. The van der Waals surface area contributed by atoms with E-state index in [2.05, 4.69) is 4.90 Å². The second kappa shape index (κ2) is 9.50. The molecule has 2 atom stereocenters. The zero-order valence-electron chi connectivity index (χ0n) is 16.6. The van der Waals surface area contributed by atoms with Crippen molar-refractivity contribution in [3.8, 4) is 5.75 Å². The number of hydrogen-bond donors (Lipinski definition) is 2. The Kier molecular flexibility index (Phi) is 7.05. The number of ether oxygens (including phenoxy) is 1. The average molecular weight is 387 g/mol. The van der Waals surface area contributed by atoms with Crippen LogP contribution in [0.2, 0.25) is 0 Å². The van der Waals surface area contributed by atoms with Gasteiger partial charge in [-0.3, -0.25) is 0 Å². The van der Waals surface area contributed by atoms with Gasteiger partial charge in [-0.1, -0.05) is 30.3 Å². The molecule has 0 amide bonds. The van der Waals surface area contributed by atoms with Gasteiger partial charge in [-0.05, 0) is 74.5 Å². The summed E-state index contributed by atoms with van der Waals surface area (Å²) in [6, 6.07) is 12.1. The van der Waals surface area contributed by atoms with Gasteiger partial charge in [-0.15, -0.1) is 0 Å². The van der Waals surface area contributed by atoms with Gasteiger partial charge >= 0.3 is 0 Å². The first-order valence-corrected chi connectivity index (χ1v) is 9.97. The second-order valence-corrected chi connectivity index (χ2v) is 7.82. The Labute approximate surface area is 166 Å². The van der Waals surface area contributed by atoms with Crippen molar-refractivity contribution in [2.75, 3.05) is 26.2 Å². The van der Waals surface area contributed by atoms with Crippen LogP contribution < -0.4 is 4.74 Å². The van der Waals surface area contributed by atoms with Crippen LogP contribution in [0.4, 0.5) is 4.39 Å². The van der Waals surface area contributed by atoms with E-state index in [1.807, 2.05) is 32.0 Å². The maximum atomic E-state index is 13.1. The molecule has 2 unspecified atom stereocenters.